The van der Waals surface area contributed by atoms with Crippen molar-refractivity contribution in [2.75, 3.05) is 5.75 Å². The zero-order valence-corrected chi connectivity index (χ0v) is 15.3. The van der Waals surface area contributed by atoms with Crippen LogP contribution in [0.4, 0.5) is 0 Å². The average molecular weight is 393 g/mol. The topological polar surface area (TPSA) is 53.8 Å². The van der Waals surface area contributed by atoms with E-state index in [2.05, 4.69) is 11.1 Å². The van der Waals surface area contributed by atoms with Gasteiger partial charge < -0.3 is 0 Å². The van der Waals surface area contributed by atoms with E-state index in [1.165, 1.54) is 23.1 Å². The van der Waals surface area contributed by atoms with Crippen molar-refractivity contribution < 1.29 is 4.79 Å². The number of carbonyl (C=O) groups excluding carboxylic acids is 1. The molecule has 0 aliphatic heterocycles. The van der Waals surface area contributed by atoms with Crippen molar-refractivity contribution in [1.82, 2.24) is 4.98 Å². The molecule has 3 aromatic rings. The van der Waals surface area contributed by atoms with E-state index in [-0.39, 0.29) is 11.5 Å². The molecule has 120 valence electrons. The molecule has 1 heterocycles. The number of thioether (sulfide) groups is 1. The summed E-state index contributed by atoms with van der Waals surface area (Å²) in [6.45, 7) is 0. The Balaban J connectivity index is 1.77. The molecule has 1 aromatic heterocycles. The van der Waals surface area contributed by atoms with Crippen LogP contribution in [0.1, 0.15) is 10.9 Å². The fourth-order valence-electron chi connectivity index (χ4n) is 2.10. The van der Waals surface area contributed by atoms with Gasteiger partial charge in [0.1, 0.15) is 5.01 Å². The summed E-state index contributed by atoms with van der Waals surface area (Å²) in [7, 11) is 0. The Hall–Kier alpha value is -1.58. The predicted molar refractivity (Wildman–Crippen MR) is 100 cm³/mol. The Morgan fingerprint density at radius 1 is 1.29 bits per heavy atom. The maximum Gasteiger partial charge on any atom is 0.167 e. The number of halogens is 2. The van der Waals surface area contributed by atoms with Crippen LogP contribution in [-0.4, -0.2) is 16.5 Å². The number of thiazole rings is 1. The Morgan fingerprint density at radius 2 is 2.08 bits per heavy atom. The number of hydrogen-bond acceptors (Lipinski definition) is 5. The summed E-state index contributed by atoms with van der Waals surface area (Å²) in [5.74, 6) is -0.931. The summed E-state index contributed by atoms with van der Waals surface area (Å²) in [6, 6.07) is 14.7. The first-order valence-electron chi connectivity index (χ1n) is 6.94. The molecule has 0 amide bonds. The first-order valence-corrected chi connectivity index (χ1v) is 9.50. The van der Waals surface area contributed by atoms with Gasteiger partial charge in [-0.3, -0.25) is 4.79 Å². The van der Waals surface area contributed by atoms with E-state index in [1.54, 1.807) is 18.2 Å². The second-order valence-electron chi connectivity index (χ2n) is 4.91. The first-order chi connectivity index (χ1) is 11.6. The van der Waals surface area contributed by atoms with Crippen molar-refractivity contribution in [2.24, 2.45) is 0 Å². The number of nitriles is 1. The van der Waals surface area contributed by atoms with E-state index in [0.29, 0.717) is 15.1 Å². The van der Waals surface area contributed by atoms with Crippen molar-refractivity contribution in [3.05, 3.63) is 57.5 Å². The minimum Gasteiger partial charge on any atom is -0.297 e. The van der Waals surface area contributed by atoms with Crippen molar-refractivity contribution >= 4 is 62.3 Å². The van der Waals surface area contributed by atoms with Gasteiger partial charge in [-0.2, -0.15) is 5.26 Å². The fraction of sp³-hybridized carbons (Fsp3) is 0.118. The molecule has 7 heteroatoms. The molecule has 0 saturated heterocycles. The lowest BCUT2D eigenvalue weighted by atomic mass is 10.1. The summed E-state index contributed by atoms with van der Waals surface area (Å²) in [5, 5.41) is 11.0. The van der Waals surface area contributed by atoms with Crippen LogP contribution in [0.15, 0.2) is 47.4 Å². The minimum atomic E-state index is -0.868. The first kappa shape index (κ1) is 17.2. The number of hydrogen-bond donors (Lipinski definition) is 0. The lowest BCUT2D eigenvalue weighted by Crippen LogP contribution is -2.13. The third kappa shape index (κ3) is 3.73. The maximum atomic E-state index is 12.5. The van der Waals surface area contributed by atoms with Crippen molar-refractivity contribution in [1.29, 1.82) is 5.26 Å². The Labute approximate surface area is 157 Å². The number of Topliss-reactive ketones (excluding diaryl/α,β-unsaturated/α-hetero) is 1. The molecular weight excluding hydrogens is 383 g/mol. The smallest absolute Gasteiger partial charge is 0.167 e. The van der Waals surface area contributed by atoms with Gasteiger partial charge in [0.2, 0.25) is 0 Å². The van der Waals surface area contributed by atoms with E-state index in [9.17, 15) is 10.1 Å². The summed E-state index contributed by atoms with van der Waals surface area (Å²) >= 11 is 14.7. The van der Waals surface area contributed by atoms with E-state index in [1.807, 2.05) is 24.3 Å². The number of carbonyl (C=O) groups is 1. The molecule has 2 aromatic carbocycles. The highest BCUT2D eigenvalue weighted by molar-refractivity contribution is 8.00. The maximum absolute atomic E-state index is 12.5. The summed E-state index contributed by atoms with van der Waals surface area (Å²) in [4.78, 5) is 17.6. The van der Waals surface area contributed by atoms with Crippen molar-refractivity contribution in [3.8, 4) is 6.07 Å². The SMILES string of the molecule is N#C[C@H](C(=O)CSc1cc(Cl)ccc1Cl)c1nc2ccccc2s1. The third-order valence-electron chi connectivity index (χ3n) is 3.27. The van der Waals surface area contributed by atoms with Gasteiger partial charge in [-0.05, 0) is 30.3 Å². The highest BCUT2D eigenvalue weighted by Crippen LogP contribution is 2.32. The molecule has 0 unspecified atom stereocenters. The monoisotopic (exact) mass is 392 g/mol. The molecule has 0 N–H and O–H groups in total. The van der Waals surface area contributed by atoms with Gasteiger partial charge in [0.15, 0.2) is 11.7 Å². The Kier molecular flexibility index (Phi) is 5.42. The van der Waals surface area contributed by atoms with Crippen LogP contribution in [-0.2, 0) is 4.79 Å². The summed E-state index contributed by atoms with van der Waals surface area (Å²) in [6.07, 6.45) is 0. The second kappa shape index (κ2) is 7.54. The van der Waals surface area contributed by atoms with Gasteiger partial charge in [0, 0.05) is 9.92 Å². The molecule has 1 atom stereocenters. The molecular formula is C17H10Cl2N2OS2. The quantitative estimate of drug-likeness (QED) is 0.532. The number of para-hydroxylation sites is 1. The predicted octanol–water partition coefficient (Wildman–Crippen LogP) is 5.57. The zero-order chi connectivity index (χ0) is 17.1. The van der Waals surface area contributed by atoms with Gasteiger partial charge in [0.25, 0.3) is 0 Å². The van der Waals surface area contributed by atoms with Crippen LogP contribution in [0.3, 0.4) is 0 Å². The number of rotatable bonds is 5. The molecule has 0 aliphatic carbocycles. The molecule has 0 saturated carbocycles. The number of ketones is 1. The number of benzene rings is 2. The fourth-order valence-corrected chi connectivity index (χ4v) is 4.53. The van der Waals surface area contributed by atoms with Crippen LogP contribution >= 0.6 is 46.3 Å². The van der Waals surface area contributed by atoms with E-state index >= 15 is 0 Å². The molecule has 3 nitrogen and oxygen atoms in total. The van der Waals surface area contributed by atoms with Crippen LogP contribution in [0, 0.1) is 11.3 Å². The Bertz CT molecular complexity index is 916. The lowest BCUT2D eigenvalue weighted by molar-refractivity contribution is -0.116. The van der Waals surface area contributed by atoms with E-state index in [0.717, 1.165) is 15.1 Å². The molecule has 3 rings (SSSR count). The highest BCUT2D eigenvalue weighted by atomic mass is 35.5. The zero-order valence-electron chi connectivity index (χ0n) is 12.2. The molecule has 0 radical (unpaired) electrons. The molecule has 0 aliphatic rings. The number of fused-ring (bicyclic) bond motifs is 1. The summed E-state index contributed by atoms with van der Waals surface area (Å²) < 4.78 is 0.964. The van der Waals surface area contributed by atoms with Gasteiger partial charge in [-0.15, -0.1) is 23.1 Å². The molecule has 0 bridgehead atoms. The minimum absolute atomic E-state index is 0.133. The van der Waals surface area contributed by atoms with Gasteiger partial charge in [0.05, 0.1) is 27.1 Å². The van der Waals surface area contributed by atoms with Crippen LogP contribution in [0.2, 0.25) is 10.0 Å². The Morgan fingerprint density at radius 3 is 2.83 bits per heavy atom. The normalized spacial score (nSPS) is 12.0. The average Bonchev–Trinajstić information content (AvgIpc) is 3.00. The van der Waals surface area contributed by atoms with Crippen LogP contribution < -0.4 is 0 Å². The highest BCUT2D eigenvalue weighted by Gasteiger charge is 2.24. The van der Waals surface area contributed by atoms with Gasteiger partial charge in [-0.25, -0.2) is 4.98 Å². The van der Waals surface area contributed by atoms with Crippen molar-refractivity contribution in [3.63, 3.8) is 0 Å². The van der Waals surface area contributed by atoms with E-state index in [4.69, 9.17) is 23.2 Å². The largest absolute Gasteiger partial charge is 0.297 e. The number of nitrogens with zero attached hydrogens (tertiary/aromatic N) is 2. The van der Waals surface area contributed by atoms with Crippen LogP contribution in [0.25, 0.3) is 10.2 Å². The second-order valence-corrected chi connectivity index (χ2v) is 7.83. The number of aromatic nitrogens is 1. The van der Waals surface area contributed by atoms with Crippen molar-refractivity contribution in [2.45, 2.75) is 10.8 Å². The van der Waals surface area contributed by atoms with Gasteiger partial charge in [-0.1, -0.05) is 35.3 Å². The lowest BCUT2D eigenvalue weighted by Gasteiger charge is -2.06. The molecule has 0 fully saturated rings. The molecule has 0 spiro atoms. The summed E-state index contributed by atoms with van der Waals surface area (Å²) in [5.41, 5.74) is 0.802. The van der Waals surface area contributed by atoms with Gasteiger partial charge >= 0.3 is 0 Å². The standard InChI is InChI=1S/C17H10Cl2N2OS2/c18-10-5-6-12(19)16(7-10)23-9-14(22)11(8-20)17-21-13-3-1-2-4-15(13)24-17/h1-7,11H,9H2/t11-/m1/s1. The molecule has 24 heavy (non-hydrogen) atoms. The van der Waals surface area contributed by atoms with E-state index < -0.39 is 5.92 Å². The van der Waals surface area contributed by atoms with Crippen LogP contribution in [0.5, 0.6) is 0 Å². The third-order valence-corrected chi connectivity index (χ3v) is 6.13.